The molecule has 0 aromatic carbocycles. The lowest BCUT2D eigenvalue weighted by atomic mass is 10.1. The predicted octanol–water partition coefficient (Wildman–Crippen LogP) is 3.18. The van der Waals surface area contributed by atoms with Gasteiger partial charge in [0.2, 0.25) is 0 Å². The van der Waals surface area contributed by atoms with Crippen LogP contribution in [0.25, 0.3) is 0 Å². The van der Waals surface area contributed by atoms with Crippen LogP contribution in [0, 0.1) is 6.92 Å². The summed E-state index contributed by atoms with van der Waals surface area (Å²) in [5.74, 6) is 0. The van der Waals surface area contributed by atoms with Gasteiger partial charge in [-0.3, -0.25) is 0 Å². The Morgan fingerprint density at radius 1 is 1.00 bits per heavy atom. The van der Waals surface area contributed by atoms with Gasteiger partial charge in [-0.15, -0.1) is 0 Å². The maximum Gasteiger partial charge on any atom is 0.419 e. The molecule has 0 aliphatic carbocycles. The standard InChI is InChI=1S/C7H9F6/c1-2-4(8)5(9)3-6(10)7(11,12)13/h4-6H,1-3H2/t4?,5?,6-/m0/s1. The van der Waals surface area contributed by atoms with Gasteiger partial charge in [-0.1, -0.05) is 6.92 Å². The average molecular weight is 207 g/mol. The minimum Gasteiger partial charge on any atom is -0.244 e. The normalized spacial score (nSPS) is 19.6. The van der Waals surface area contributed by atoms with Crippen LogP contribution in [0.15, 0.2) is 0 Å². The number of alkyl halides is 6. The summed E-state index contributed by atoms with van der Waals surface area (Å²) < 4.78 is 71.3. The topological polar surface area (TPSA) is 0 Å². The van der Waals surface area contributed by atoms with Crippen LogP contribution in [0.3, 0.4) is 0 Å². The molecule has 1 radical (unpaired) electrons. The zero-order chi connectivity index (χ0) is 10.6. The molecule has 0 nitrogen and oxygen atoms in total. The molecule has 0 amide bonds. The van der Waals surface area contributed by atoms with Crippen LogP contribution in [0.5, 0.6) is 0 Å². The van der Waals surface area contributed by atoms with Gasteiger partial charge >= 0.3 is 6.18 Å². The van der Waals surface area contributed by atoms with Crippen LogP contribution in [-0.4, -0.2) is 24.7 Å². The first-order chi connectivity index (χ1) is 5.79. The molecular formula is C7H9F6. The van der Waals surface area contributed by atoms with Gasteiger partial charge in [0.25, 0.3) is 0 Å². The van der Waals surface area contributed by atoms with E-state index in [0.717, 1.165) is 0 Å². The molecule has 0 spiro atoms. The molecule has 0 heterocycles. The van der Waals surface area contributed by atoms with Gasteiger partial charge < -0.3 is 0 Å². The Balaban J connectivity index is 3.98. The van der Waals surface area contributed by atoms with E-state index in [1.54, 1.807) is 0 Å². The van der Waals surface area contributed by atoms with Crippen LogP contribution in [-0.2, 0) is 0 Å². The summed E-state index contributed by atoms with van der Waals surface area (Å²) in [6.07, 6.45) is -15.0. The van der Waals surface area contributed by atoms with Gasteiger partial charge in [0.15, 0.2) is 6.17 Å². The zero-order valence-electron chi connectivity index (χ0n) is 6.62. The molecule has 0 N–H and O–H groups in total. The SMILES string of the molecule is [CH2]CC(F)C(F)C[C@H](F)C(F)(F)F. The van der Waals surface area contributed by atoms with E-state index in [1.807, 2.05) is 0 Å². The second kappa shape index (κ2) is 4.72. The number of halogens is 6. The van der Waals surface area contributed by atoms with Crippen molar-refractivity contribution in [1.29, 1.82) is 0 Å². The molecule has 0 aromatic heterocycles. The van der Waals surface area contributed by atoms with Crippen molar-refractivity contribution in [3.63, 3.8) is 0 Å². The van der Waals surface area contributed by atoms with Crippen molar-refractivity contribution in [2.45, 2.75) is 37.5 Å². The Morgan fingerprint density at radius 3 is 1.77 bits per heavy atom. The highest BCUT2D eigenvalue weighted by Gasteiger charge is 2.42. The van der Waals surface area contributed by atoms with E-state index in [0.29, 0.717) is 0 Å². The third-order valence-corrected chi connectivity index (χ3v) is 1.46. The number of hydrogen-bond acceptors (Lipinski definition) is 0. The van der Waals surface area contributed by atoms with Crippen LogP contribution < -0.4 is 0 Å². The molecule has 0 aromatic rings. The molecular weight excluding hydrogens is 198 g/mol. The van der Waals surface area contributed by atoms with Gasteiger partial charge in [0.05, 0.1) is 0 Å². The van der Waals surface area contributed by atoms with Crippen molar-refractivity contribution >= 4 is 0 Å². The third-order valence-electron chi connectivity index (χ3n) is 1.46. The summed E-state index contributed by atoms with van der Waals surface area (Å²) in [6.45, 7) is 2.96. The molecule has 13 heavy (non-hydrogen) atoms. The molecule has 0 saturated carbocycles. The van der Waals surface area contributed by atoms with Crippen molar-refractivity contribution in [1.82, 2.24) is 0 Å². The Morgan fingerprint density at radius 2 is 1.46 bits per heavy atom. The summed E-state index contributed by atoms with van der Waals surface area (Å²) in [6, 6.07) is 0. The van der Waals surface area contributed by atoms with Crippen LogP contribution in [0.1, 0.15) is 12.8 Å². The van der Waals surface area contributed by atoms with Crippen molar-refractivity contribution < 1.29 is 26.3 Å². The Labute approximate surface area is 71.9 Å². The van der Waals surface area contributed by atoms with E-state index in [9.17, 15) is 26.3 Å². The fourth-order valence-electron chi connectivity index (χ4n) is 0.660. The quantitative estimate of drug-likeness (QED) is 0.621. The van der Waals surface area contributed by atoms with E-state index in [1.165, 1.54) is 0 Å². The van der Waals surface area contributed by atoms with E-state index >= 15 is 0 Å². The maximum absolute atomic E-state index is 12.4. The molecule has 0 saturated heterocycles. The molecule has 0 rings (SSSR count). The van der Waals surface area contributed by atoms with Crippen LogP contribution >= 0.6 is 0 Å². The van der Waals surface area contributed by atoms with Gasteiger partial charge in [-0.2, -0.15) is 13.2 Å². The molecule has 0 aliphatic heterocycles. The summed E-state index contributed by atoms with van der Waals surface area (Å²) in [5.41, 5.74) is 0. The van der Waals surface area contributed by atoms with E-state index < -0.39 is 37.5 Å². The zero-order valence-corrected chi connectivity index (χ0v) is 6.62. The monoisotopic (exact) mass is 207 g/mol. The summed E-state index contributed by atoms with van der Waals surface area (Å²) in [4.78, 5) is 0. The fraction of sp³-hybridized carbons (Fsp3) is 0.857. The lowest BCUT2D eigenvalue weighted by molar-refractivity contribution is -0.186. The van der Waals surface area contributed by atoms with Crippen molar-refractivity contribution in [2.24, 2.45) is 0 Å². The average Bonchev–Trinajstić information content (AvgIpc) is 2.01. The smallest absolute Gasteiger partial charge is 0.244 e. The molecule has 2 unspecified atom stereocenters. The van der Waals surface area contributed by atoms with Gasteiger partial charge in [0.1, 0.15) is 12.3 Å². The van der Waals surface area contributed by atoms with Crippen molar-refractivity contribution in [3.8, 4) is 0 Å². The summed E-state index contributed by atoms with van der Waals surface area (Å²) in [7, 11) is 0. The summed E-state index contributed by atoms with van der Waals surface area (Å²) >= 11 is 0. The van der Waals surface area contributed by atoms with Crippen LogP contribution in [0.4, 0.5) is 26.3 Å². The first kappa shape index (κ1) is 12.6. The highest BCUT2D eigenvalue weighted by Crippen LogP contribution is 2.28. The van der Waals surface area contributed by atoms with Gasteiger partial charge in [-0.05, 0) is 6.42 Å². The summed E-state index contributed by atoms with van der Waals surface area (Å²) in [5, 5.41) is 0. The lowest BCUT2D eigenvalue weighted by Gasteiger charge is -2.16. The Kier molecular flexibility index (Phi) is 4.56. The van der Waals surface area contributed by atoms with Crippen molar-refractivity contribution in [3.05, 3.63) is 6.92 Å². The molecule has 0 aliphatic rings. The number of hydrogen-bond donors (Lipinski definition) is 0. The van der Waals surface area contributed by atoms with Crippen molar-refractivity contribution in [2.75, 3.05) is 0 Å². The molecule has 3 atom stereocenters. The lowest BCUT2D eigenvalue weighted by Crippen LogP contribution is -2.30. The first-order valence-corrected chi connectivity index (χ1v) is 3.57. The second-order valence-corrected chi connectivity index (χ2v) is 2.57. The van der Waals surface area contributed by atoms with Gasteiger partial charge in [-0.25, -0.2) is 13.2 Å². The minimum absolute atomic E-state index is 0.508. The van der Waals surface area contributed by atoms with E-state index in [2.05, 4.69) is 6.92 Å². The molecule has 0 bridgehead atoms. The Bertz CT molecular complexity index is 142. The third kappa shape index (κ3) is 4.38. The maximum atomic E-state index is 12.4. The highest BCUT2D eigenvalue weighted by molar-refractivity contribution is 4.76. The van der Waals surface area contributed by atoms with E-state index in [-0.39, 0.29) is 0 Å². The van der Waals surface area contributed by atoms with Crippen LogP contribution in [0.2, 0.25) is 0 Å². The minimum atomic E-state index is -5.12. The number of rotatable bonds is 4. The first-order valence-electron chi connectivity index (χ1n) is 3.57. The Hall–Kier alpha value is -0.420. The highest BCUT2D eigenvalue weighted by atomic mass is 19.4. The largest absolute Gasteiger partial charge is 0.419 e. The molecule has 79 valence electrons. The molecule has 6 heteroatoms. The fourth-order valence-corrected chi connectivity index (χ4v) is 0.660. The van der Waals surface area contributed by atoms with E-state index in [4.69, 9.17) is 0 Å². The molecule has 0 fully saturated rings. The van der Waals surface area contributed by atoms with Gasteiger partial charge in [0, 0.05) is 6.42 Å². The second-order valence-electron chi connectivity index (χ2n) is 2.57. The predicted molar refractivity (Wildman–Crippen MR) is 35.3 cm³/mol.